The Hall–Kier alpha value is -6.45. The van der Waals surface area contributed by atoms with Gasteiger partial charge in [0.15, 0.2) is 0 Å². The highest BCUT2D eigenvalue weighted by Crippen LogP contribution is 2.53. The fraction of sp³-hybridized carbons (Fsp3) is 0.680. The van der Waals surface area contributed by atoms with Crippen LogP contribution in [0.5, 0.6) is 0 Å². The number of hydrogen-bond acceptors (Lipinski definition) is 10. The Kier molecular flexibility index (Phi) is 23.3. The van der Waals surface area contributed by atoms with E-state index < -0.39 is 23.7 Å². The third kappa shape index (κ3) is 16.3. The van der Waals surface area contributed by atoms with Gasteiger partial charge in [0.05, 0.1) is 29.5 Å². The van der Waals surface area contributed by atoms with Gasteiger partial charge in [0.1, 0.15) is 5.60 Å². The number of benzene rings is 3. The summed E-state index contributed by atoms with van der Waals surface area (Å²) in [5.41, 5.74) is 3.48. The molecule has 6 aliphatic carbocycles. The highest BCUT2D eigenvalue weighted by Gasteiger charge is 2.58. The van der Waals surface area contributed by atoms with Crippen LogP contribution in [0.1, 0.15) is 185 Å². The van der Waals surface area contributed by atoms with Crippen molar-refractivity contribution in [2.75, 3.05) is 94.6 Å². The Morgan fingerprint density at radius 1 is 0.500 bits per heavy atom. The average molecular weight is 1340 g/mol. The standard InChI is InChI=1S/C28H43N3O3.C24H35N3O3.C21H31N3O.C2HF3O2/c1-26(2,3)34-24(32)14-19-30-21-27(31(25(30)33)20-22-10-9-11-22)15-17-28(18-16-27,29(4)5)23-12-7-6-8-13-23;1-25(2)24(20-9-4-3-5-10-20)14-12-23(13-15-24)18-26(16-11-21(28)29)22(30)27(23)17-19-7-6-8-19;1-23(2)21(18-9-4-3-5-10-18)13-11-20(12-14-21)16-22-19(25)24(20)15-17-7-6-8-17;3-2(4,5)1(6)7/h6-8,12-13,22H,9-11,14-21H2,1-5H3;3-5,9-10,19H,6-8,11-18H2,1-2H3,(H,28,29);3-5,9-10,17H,6-8,11-16H2,1-2H3,(H,22,25);(H,6,7). The lowest BCUT2D eigenvalue weighted by molar-refractivity contribution is -0.192. The van der Waals surface area contributed by atoms with Gasteiger partial charge in [-0.2, -0.15) is 13.2 Å². The normalized spacial score (nSPS) is 28.6. The minimum atomic E-state index is -5.08. The molecule has 530 valence electrons. The van der Waals surface area contributed by atoms with Crippen LogP contribution in [0, 0.1) is 17.8 Å². The highest BCUT2D eigenvalue weighted by molar-refractivity contribution is 5.80. The number of aliphatic carboxylic acids is 2. The van der Waals surface area contributed by atoms with E-state index in [9.17, 15) is 37.1 Å². The number of carboxylic acid groups (broad SMARTS) is 2. The van der Waals surface area contributed by atoms with Crippen LogP contribution in [0.2, 0.25) is 0 Å². The Morgan fingerprint density at radius 3 is 1.09 bits per heavy atom. The fourth-order valence-corrected chi connectivity index (χ4v) is 17.1. The molecule has 9 aliphatic rings. The zero-order chi connectivity index (χ0) is 69.5. The zero-order valence-corrected chi connectivity index (χ0v) is 58.8. The maximum absolute atomic E-state index is 13.6. The Morgan fingerprint density at radius 2 is 0.812 bits per heavy atom. The van der Waals surface area contributed by atoms with Gasteiger partial charge >= 0.3 is 42.2 Å². The molecule has 0 aromatic heterocycles. The van der Waals surface area contributed by atoms with Crippen molar-refractivity contribution in [1.82, 2.24) is 44.5 Å². The summed E-state index contributed by atoms with van der Waals surface area (Å²) in [4.78, 5) is 89.1. The van der Waals surface area contributed by atoms with E-state index in [0.717, 1.165) is 116 Å². The average Bonchev–Trinajstić information content (AvgIpc) is 1.52. The van der Waals surface area contributed by atoms with Gasteiger partial charge in [-0.3, -0.25) is 24.3 Å². The van der Waals surface area contributed by atoms with Crippen LogP contribution >= 0.6 is 0 Å². The SMILES string of the molecule is CN(C)C1(c2ccccc2)CCC2(CC1)CN(CCC(=O)O)C(=O)N2CC1CCC1.CN(C)C1(c2ccccc2)CCC2(CC1)CN(CCC(=O)OC(C)(C)C)C(=O)N2CC1CCC1.CN(C)C1(c2ccccc2)CCC2(CC1)CNC(=O)N2CC1CCC1.O=C(O)C(F)(F)F. The molecule has 0 unspecified atom stereocenters. The number of carboxylic acids is 2. The van der Waals surface area contributed by atoms with Gasteiger partial charge < -0.3 is 44.8 Å². The molecule has 21 heteroatoms. The maximum atomic E-state index is 13.6. The first-order chi connectivity index (χ1) is 45.4. The number of amides is 6. The topological polar surface area (TPSA) is 190 Å². The number of halogens is 3. The summed E-state index contributed by atoms with van der Waals surface area (Å²) < 4.78 is 37.2. The molecule has 18 nitrogen and oxygen atoms in total. The quantitative estimate of drug-likeness (QED) is 0.102. The van der Waals surface area contributed by atoms with Gasteiger partial charge in [-0.1, -0.05) is 110 Å². The van der Waals surface area contributed by atoms with E-state index in [1.807, 2.05) is 25.7 Å². The molecule has 96 heavy (non-hydrogen) atoms. The molecule has 0 atom stereocenters. The number of alkyl halides is 3. The monoisotopic (exact) mass is 1340 g/mol. The van der Waals surface area contributed by atoms with Crippen molar-refractivity contribution in [2.24, 2.45) is 17.8 Å². The lowest BCUT2D eigenvalue weighted by atomic mass is 9.68. The molecule has 3 aromatic carbocycles. The van der Waals surface area contributed by atoms with Crippen molar-refractivity contribution in [3.8, 4) is 0 Å². The molecule has 9 fully saturated rings. The van der Waals surface area contributed by atoms with E-state index >= 15 is 0 Å². The largest absolute Gasteiger partial charge is 0.490 e. The summed E-state index contributed by atoms with van der Waals surface area (Å²) in [6, 6.07) is 32.8. The van der Waals surface area contributed by atoms with Crippen LogP contribution in [0.25, 0.3) is 0 Å². The molecule has 3 aliphatic heterocycles. The summed E-state index contributed by atoms with van der Waals surface area (Å²) in [6.45, 7) is 11.3. The molecule has 12 rings (SSSR count). The van der Waals surface area contributed by atoms with Crippen LogP contribution in [-0.2, 0) is 35.7 Å². The molecule has 6 amide bonds. The molecule has 0 radical (unpaired) electrons. The summed E-state index contributed by atoms with van der Waals surface area (Å²) in [6.07, 6.45) is 18.9. The number of urea groups is 3. The second-order valence-corrected chi connectivity index (χ2v) is 31.1. The molecule has 3 spiro atoms. The summed E-state index contributed by atoms with van der Waals surface area (Å²) in [7, 11) is 13.1. The molecule has 3 N–H and O–H groups in total. The molecule has 3 heterocycles. The van der Waals surface area contributed by atoms with E-state index in [2.05, 4.69) is 168 Å². The first-order valence-corrected chi connectivity index (χ1v) is 35.5. The van der Waals surface area contributed by atoms with Gasteiger partial charge in [-0.05, 0) is 213 Å². The second kappa shape index (κ2) is 30.3. The van der Waals surface area contributed by atoms with Crippen molar-refractivity contribution in [3.63, 3.8) is 0 Å². The predicted octanol–water partition coefficient (Wildman–Crippen LogP) is 13.0. The van der Waals surface area contributed by atoms with Crippen molar-refractivity contribution in [1.29, 1.82) is 0 Å². The minimum absolute atomic E-state index is 0.00162. The van der Waals surface area contributed by atoms with Crippen LogP contribution in [-0.4, -0.2) is 208 Å². The summed E-state index contributed by atoms with van der Waals surface area (Å²) >= 11 is 0. The van der Waals surface area contributed by atoms with E-state index in [4.69, 9.17) is 19.7 Å². The first-order valence-electron chi connectivity index (χ1n) is 35.5. The molecular formula is C75H110F3N9O9. The van der Waals surface area contributed by atoms with E-state index in [-0.39, 0.29) is 70.1 Å². The Labute approximate surface area is 568 Å². The van der Waals surface area contributed by atoms with Crippen LogP contribution in [0.15, 0.2) is 91.0 Å². The van der Waals surface area contributed by atoms with Crippen molar-refractivity contribution in [3.05, 3.63) is 108 Å². The number of carbonyl (C=O) groups is 6. The highest BCUT2D eigenvalue weighted by atomic mass is 19.4. The third-order valence-electron chi connectivity index (χ3n) is 23.9. The number of esters is 1. The first kappa shape index (κ1) is 73.8. The summed E-state index contributed by atoms with van der Waals surface area (Å²) in [5.74, 6) is -1.86. The smallest absolute Gasteiger partial charge is 0.481 e. The van der Waals surface area contributed by atoms with Crippen molar-refractivity contribution < 1.29 is 56.9 Å². The van der Waals surface area contributed by atoms with Gasteiger partial charge in [-0.25, -0.2) is 19.2 Å². The fourth-order valence-electron chi connectivity index (χ4n) is 17.1. The zero-order valence-electron chi connectivity index (χ0n) is 58.8. The molecule has 0 bridgehead atoms. The molecule has 3 saturated heterocycles. The van der Waals surface area contributed by atoms with Crippen LogP contribution < -0.4 is 5.32 Å². The number of ether oxygens (including phenoxy) is 1. The number of hydrogen-bond donors (Lipinski definition) is 3. The lowest BCUT2D eigenvalue weighted by Gasteiger charge is -2.51. The van der Waals surface area contributed by atoms with Gasteiger partial charge in [-0.15, -0.1) is 0 Å². The van der Waals surface area contributed by atoms with Gasteiger partial charge in [0.2, 0.25) is 0 Å². The third-order valence-corrected chi connectivity index (χ3v) is 23.9. The lowest BCUT2D eigenvalue weighted by Crippen LogP contribution is -2.56. The Bertz CT molecular complexity index is 3090. The number of carbonyl (C=O) groups excluding carboxylic acids is 4. The number of nitrogens with zero attached hydrogens (tertiary/aromatic N) is 8. The van der Waals surface area contributed by atoms with Crippen molar-refractivity contribution >= 4 is 36.0 Å². The molecular weight excluding hydrogens is 1230 g/mol. The van der Waals surface area contributed by atoms with E-state index in [1.165, 1.54) is 74.5 Å². The molecule has 3 aromatic rings. The summed E-state index contributed by atoms with van der Waals surface area (Å²) in [5, 5.41) is 19.4. The maximum Gasteiger partial charge on any atom is 0.490 e. The van der Waals surface area contributed by atoms with Gasteiger partial charge in [0, 0.05) is 69.0 Å². The van der Waals surface area contributed by atoms with Crippen LogP contribution in [0.4, 0.5) is 27.6 Å². The minimum Gasteiger partial charge on any atom is -0.481 e. The second-order valence-electron chi connectivity index (χ2n) is 31.1. The van der Waals surface area contributed by atoms with Crippen LogP contribution in [0.3, 0.4) is 0 Å². The number of rotatable bonds is 18. The number of nitrogens with one attached hydrogen (secondary N) is 1. The van der Waals surface area contributed by atoms with E-state index in [1.54, 1.807) is 4.90 Å². The van der Waals surface area contributed by atoms with E-state index in [0.29, 0.717) is 31.5 Å². The Balaban J connectivity index is 0.000000162. The predicted molar refractivity (Wildman–Crippen MR) is 365 cm³/mol. The molecule has 6 saturated carbocycles. The van der Waals surface area contributed by atoms with Gasteiger partial charge in [0.25, 0.3) is 0 Å². The van der Waals surface area contributed by atoms with Crippen molar-refractivity contribution in [2.45, 2.75) is 213 Å².